The summed E-state index contributed by atoms with van der Waals surface area (Å²) in [7, 11) is -2.28. The average molecular weight is 545 g/mol. The van der Waals surface area contributed by atoms with Gasteiger partial charge < -0.3 is 14.4 Å². The maximum Gasteiger partial charge on any atom is 0.316 e. The fraction of sp³-hybridized carbons (Fsp3) is 0.385. The van der Waals surface area contributed by atoms with Crippen LogP contribution < -0.4 is 19.9 Å². The number of rotatable bonds is 7. The Hall–Kier alpha value is -3.08. The lowest BCUT2D eigenvalue weighted by Gasteiger charge is -2.36. The third-order valence-electron chi connectivity index (χ3n) is 6.82. The second-order valence-electron chi connectivity index (χ2n) is 9.12. The summed E-state index contributed by atoms with van der Waals surface area (Å²) in [5.74, 6) is 0.550. The maximum atomic E-state index is 13.6. The van der Waals surface area contributed by atoms with Crippen molar-refractivity contribution in [1.82, 2.24) is 14.1 Å². The van der Waals surface area contributed by atoms with Gasteiger partial charge in [-0.05, 0) is 56.0 Å². The van der Waals surface area contributed by atoms with E-state index in [0.717, 1.165) is 25.7 Å². The molecular weight excluding hydrogens is 516 g/mol. The zero-order valence-corrected chi connectivity index (χ0v) is 22.1. The number of sulfonamides is 1. The molecule has 0 spiro atoms. The molecule has 9 nitrogen and oxygen atoms in total. The molecule has 1 saturated carbocycles. The molecule has 0 N–H and O–H groups in total. The van der Waals surface area contributed by atoms with Gasteiger partial charge in [0, 0.05) is 31.2 Å². The minimum absolute atomic E-state index is 0.0335. The minimum Gasteiger partial charge on any atom is -0.495 e. The maximum absolute atomic E-state index is 13.6. The number of methoxy groups -OCH3 is 1. The van der Waals surface area contributed by atoms with Crippen LogP contribution >= 0.6 is 11.6 Å². The van der Waals surface area contributed by atoms with Gasteiger partial charge >= 0.3 is 5.56 Å². The molecule has 37 heavy (non-hydrogen) atoms. The predicted molar refractivity (Wildman–Crippen MR) is 142 cm³/mol. The van der Waals surface area contributed by atoms with E-state index in [1.807, 2.05) is 4.90 Å². The van der Waals surface area contributed by atoms with Crippen LogP contribution in [0.1, 0.15) is 25.7 Å². The van der Waals surface area contributed by atoms with E-state index in [1.165, 1.54) is 16.1 Å². The molecule has 0 amide bonds. The summed E-state index contributed by atoms with van der Waals surface area (Å²) in [5.41, 5.74) is 0.758. The quantitative estimate of drug-likeness (QED) is 0.447. The normalized spacial score (nSPS) is 17.2. The molecule has 2 fully saturated rings. The first-order valence-corrected chi connectivity index (χ1v) is 14.1. The van der Waals surface area contributed by atoms with Crippen LogP contribution in [0.5, 0.6) is 11.5 Å². The standard InChI is InChI=1S/C26H29ClN4O5S/c1-35-23-11-4-5-12-24(23)37(33,34)30-15-13-29(14-16-30)22-18-28-31(20-8-6-7-19(27)17-20)26(32)25(22)36-21-9-2-3-10-21/h4-8,11-12,17-18,21H,2-3,9-10,13-16H2,1H3. The Bertz CT molecular complexity index is 1430. The first-order valence-electron chi connectivity index (χ1n) is 12.3. The molecule has 0 radical (unpaired) electrons. The number of benzene rings is 2. The average Bonchev–Trinajstić information content (AvgIpc) is 3.43. The number of aromatic nitrogens is 2. The van der Waals surface area contributed by atoms with Crippen LogP contribution in [-0.4, -0.2) is 61.9 Å². The third-order valence-corrected chi connectivity index (χ3v) is 8.99. The molecule has 3 aromatic rings. The van der Waals surface area contributed by atoms with E-state index in [0.29, 0.717) is 35.2 Å². The van der Waals surface area contributed by atoms with Gasteiger partial charge in [0.2, 0.25) is 15.8 Å². The molecule has 0 atom stereocenters. The van der Waals surface area contributed by atoms with E-state index in [-0.39, 0.29) is 35.4 Å². The van der Waals surface area contributed by atoms with Crippen molar-refractivity contribution in [2.24, 2.45) is 0 Å². The monoisotopic (exact) mass is 544 g/mol. The number of piperazine rings is 1. The van der Waals surface area contributed by atoms with E-state index in [9.17, 15) is 13.2 Å². The van der Waals surface area contributed by atoms with Crippen molar-refractivity contribution >= 4 is 27.3 Å². The molecule has 2 aromatic carbocycles. The molecule has 0 unspecified atom stereocenters. The highest BCUT2D eigenvalue weighted by molar-refractivity contribution is 7.89. The highest BCUT2D eigenvalue weighted by Gasteiger charge is 2.32. The van der Waals surface area contributed by atoms with Gasteiger partial charge in [0.25, 0.3) is 0 Å². The second kappa shape index (κ2) is 10.7. The van der Waals surface area contributed by atoms with Gasteiger partial charge in [-0.2, -0.15) is 14.1 Å². The topological polar surface area (TPSA) is 94.0 Å². The Balaban J connectivity index is 1.43. The largest absolute Gasteiger partial charge is 0.495 e. The van der Waals surface area contributed by atoms with Crippen LogP contribution in [0.3, 0.4) is 0 Å². The van der Waals surface area contributed by atoms with Crippen molar-refractivity contribution in [3.8, 4) is 17.2 Å². The second-order valence-corrected chi connectivity index (χ2v) is 11.5. The molecule has 11 heteroatoms. The van der Waals surface area contributed by atoms with Gasteiger partial charge in [-0.1, -0.05) is 29.8 Å². The summed E-state index contributed by atoms with van der Waals surface area (Å²) < 4.78 is 40.9. The molecule has 1 aromatic heterocycles. The summed E-state index contributed by atoms with van der Waals surface area (Å²) in [6, 6.07) is 13.5. The van der Waals surface area contributed by atoms with Crippen molar-refractivity contribution in [3.63, 3.8) is 0 Å². The molecule has 0 bridgehead atoms. The smallest absolute Gasteiger partial charge is 0.316 e. The van der Waals surface area contributed by atoms with Crippen molar-refractivity contribution < 1.29 is 17.9 Å². The summed E-state index contributed by atoms with van der Waals surface area (Å²) in [4.78, 5) is 15.7. The Morgan fingerprint density at radius 3 is 2.43 bits per heavy atom. The zero-order valence-electron chi connectivity index (χ0n) is 20.5. The molecule has 1 aliphatic carbocycles. The van der Waals surface area contributed by atoms with Crippen LogP contribution in [0.4, 0.5) is 5.69 Å². The van der Waals surface area contributed by atoms with E-state index in [4.69, 9.17) is 21.1 Å². The van der Waals surface area contributed by atoms with Crippen molar-refractivity contribution in [2.75, 3.05) is 38.2 Å². The lowest BCUT2D eigenvalue weighted by Crippen LogP contribution is -2.49. The van der Waals surface area contributed by atoms with Gasteiger partial charge in [0.05, 0.1) is 25.1 Å². The van der Waals surface area contributed by atoms with Crippen LogP contribution in [0.2, 0.25) is 5.02 Å². The van der Waals surface area contributed by atoms with E-state index >= 15 is 0 Å². The van der Waals surface area contributed by atoms with E-state index in [2.05, 4.69) is 5.10 Å². The molecule has 2 heterocycles. The van der Waals surface area contributed by atoms with E-state index in [1.54, 1.807) is 54.7 Å². The lowest BCUT2D eigenvalue weighted by molar-refractivity contribution is 0.205. The number of hydrogen-bond acceptors (Lipinski definition) is 7. The van der Waals surface area contributed by atoms with Gasteiger partial charge in [0.1, 0.15) is 16.3 Å². The highest BCUT2D eigenvalue weighted by Crippen LogP contribution is 2.32. The van der Waals surface area contributed by atoms with Crippen LogP contribution in [-0.2, 0) is 10.0 Å². The number of hydrogen-bond donors (Lipinski definition) is 0. The van der Waals surface area contributed by atoms with E-state index < -0.39 is 10.0 Å². The van der Waals surface area contributed by atoms with Gasteiger partial charge in [-0.3, -0.25) is 4.79 Å². The van der Waals surface area contributed by atoms with Crippen LogP contribution in [0.15, 0.2) is 64.4 Å². The fourth-order valence-corrected chi connectivity index (χ4v) is 6.63. The third kappa shape index (κ3) is 5.18. The van der Waals surface area contributed by atoms with Gasteiger partial charge in [-0.15, -0.1) is 0 Å². The van der Waals surface area contributed by atoms with Gasteiger partial charge in [0.15, 0.2) is 0 Å². The Labute approximate surface area is 221 Å². The van der Waals surface area contributed by atoms with Crippen molar-refractivity contribution in [3.05, 3.63) is 70.1 Å². The first-order chi connectivity index (χ1) is 17.9. The zero-order chi connectivity index (χ0) is 26.0. The number of nitrogens with zero attached hydrogens (tertiary/aromatic N) is 4. The van der Waals surface area contributed by atoms with Crippen LogP contribution in [0.25, 0.3) is 5.69 Å². The van der Waals surface area contributed by atoms with Crippen LogP contribution in [0, 0.1) is 0 Å². The van der Waals surface area contributed by atoms with Crippen molar-refractivity contribution in [2.45, 2.75) is 36.7 Å². The summed E-state index contributed by atoms with van der Waals surface area (Å²) in [6.45, 7) is 1.27. The molecule has 196 valence electrons. The molecule has 2 aliphatic rings. The SMILES string of the molecule is COc1ccccc1S(=O)(=O)N1CCN(c2cnn(-c3cccc(Cl)c3)c(=O)c2OC2CCCC2)CC1. The molecular formula is C26H29ClN4O5S. The molecule has 5 rings (SSSR count). The number of ether oxygens (including phenoxy) is 2. The predicted octanol–water partition coefficient (Wildman–Crippen LogP) is 3.73. The summed E-state index contributed by atoms with van der Waals surface area (Å²) in [6.07, 6.45) is 5.50. The summed E-state index contributed by atoms with van der Waals surface area (Å²) >= 11 is 6.15. The van der Waals surface area contributed by atoms with Crippen molar-refractivity contribution in [1.29, 1.82) is 0 Å². The fourth-order valence-electron chi connectivity index (χ4n) is 4.87. The number of anilines is 1. The minimum atomic E-state index is -3.74. The molecule has 1 aliphatic heterocycles. The Morgan fingerprint density at radius 2 is 1.73 bits per heavy atom. The molecule has 1 saturated heterocycles. The van der Waals surface area contributed by atoms with Gasteiger partial charge in [-0.25, -0.2) is 8.42 Å². The highest BCUT2D eigenvalue weighted by atomic mass is 35.5. The Morgan fingerprint density at radius 1 is 1.00 bits per heavy atom. The lowest BCUT2D eigenvalue weighted by atomic mass is 10.2. The number of halogens is 1. The number of para-hydroxylation sites is 1. The first kappa shape index (κ1) is 25.6. The summed E-state index contributed by atoms with van der Waals surface area (Å²) in [5, 5.41) is 4.91. The Kier molecular flexibility index (Phi) is 7.41.